The van der Waals surface area contributed by atoms with Crippen molar-refractivity contribution in [3.8, 4) is 0 Å². The zero-order valence-corrected chi connectivity index (χ0v) is 19.5. The molecule has 0 saturated carbocycles. The number of anilines is 2. The molecule has 3 aromatic carbocycles. The van der Waals surface area contributed by atoms with E-state index in [0.29, 0.717) is 16.9 Å². The summed E-state index contributed by atoms with van der Waals surface area (Å²) in [6.45, 7) is 4.54. The van der Waals surface area contributed by atoms with Gasteiger partial charge in [-0.05, 0) is 42.0 Å². The number of carbonyl (C=O) groups is 2. The Labute approximate surface area is 205 Å². The van der Waals surface area contributed by atoms with E-state index in [-0.39, 0.29) is 24.2 Å². The summed E-state index contributed by atoms with van der Waals surface area (Å²) in [6, 6.07) is 22.6. The van der Waals surface area contributed by atoms with Crippen LogP contribution >= 0.6 is 0 Å². The summed E-state index contributed by atoms with van der Waals surface area (Å²) in [6.07, 6.45) is 4.30. The maximum atomic E-state index is 13.1. The van der Waals surface area contributed by atoms with Crippen molar-refractivity contribution in [3.05, 3.63) is 102 Å². The van der Waals surface area contributed by atoms with Crippen LogP contribution in [0.4, 0.5) is 15.8 Å². The van der Waals surface area contributed by atoms with Gasteiger partial charge in [-0.25, -0.2) is 4.39 Å². The zero-order valence-electron chi connectivity index (χ0n) is 19.5. The summed E-state index contributed by atoms with van der Waals surface area (Å²) in [4.78, 5) is 29.9. The van der Waals surface area contributed by atoms with Gasteiger partial charge in [0.1, 0.15) is 5.82 Å². The number of carbonyl (C=O) groups excluding carboxylic acids is 2. The summed E-state index contributed by atoms with van der Waals surface area (Å²) < 4.78 is 13.1. The van der Waals surface area contributed by atoms with Gasteiger partial charge < -0.3 is 10.6 Å². The lowest BCUT2D eigenvalue weighted by Gasteiger charge is -2.33. The fraction of sp³-hybridized carbons (Fsp3) is 0.214. The Morgan fingerprint density at radius 1 is 0.800 bits per heavy atom. The van der Waals surface area contributed by atoms with Crippen LogP contribution in [0.2, 0.25) is 0 Å². The first kappa shape index (κ1) is 24.3. The second kappa shape index (κ2) is 12.1. The minimum atomic E-state index is -0.375. The number of rotatable bonds is 8. The lowest BCUT2D eigenvalue weighted by atomic mass is 10.1. The molecule has 7 heteroatoms. The number of halogens is 1. The zero-order chi connectivity index (χ0) is 24.5. The molecule has 1 fully saturated rings. The molecule has 1 heterocycles. The summed E-state index contributed by atoms with van der Waals surface area (Å²) in [5.74, 6) is -0.908. The van der Waals surface area contributed by atoms with Crippen LogP contribution in [0.5, 0.6) is 0 Å². The predicted octanol–water partition coefficient (Wildman–Crippen LogP) is 4.35. The summed E-state index contributed by atoms with van der Waals surface area (Å²) in [7, 11) is 0. The Hall–Kier alpha value is -3.81. The highest BCUT2D eigenvalue weighted by molar-refractivity contribution is 6.10. The molecule has 3 aromatic rings. The molecule has 180 valence electrons. The number of benzene rings is 3. The molecular weight excluding hydrogens is 443 g/mol. The number of para-hydroxylation sites is 1. The van der Waals surface area contributed by atoms with Gasteiger partial charge in [0.05, 0.1) is 17.8 Å². The van der Waals surface area contributed by atoms with Crippen LogP contribution in [0.3, 0.4) is 0 Å². The summed E-state index contributed by atoms with van der Waals surface area (Å²) in [5.41, 5.74) is 2.46. The molecular formula is C28H29FN4O2. The molecule has 2 N–H and O–H groups in total. The molecule has 4 rings (SSSR count). The fourth-order valence-electron chi connectivity index (χ4n) is 3.95. The molecule has 0 spiro atoms. The van der Waals surface area contributed by atoms with Crippen molar-refractivity contribution < 1.29 is 14.0 Å². The van der Waals surface area contributed by atoms with E-state index in [4.69, 9.17) is 0 Å². The maximum Gasteiger partial charge on any atom is 0.257 e. The van der Waals surface area contributed by atoms with Gasteiger partial charge in [0.25, 0.3) is 5.91 Å². The minimum absolute atomic E-state index is 0.163. The van der Waals surface area contributed by atoms with E-state index in [1.54, 1.807) is 24.3 Å². The SMILES string of the molecule is O=C(CN1CCN(CC=Cc2ccccc2)CC1)Nc1ccccc1C(=O)Nc1ccc(F)cc1. The molecule has 0 radical (unpaired) electrons. The second-order valence-corrected chi connectivity index (χ2v) is 8.44. The number of piperazine rings is 1. The highest BCUT2D eigenvalue weighted by Gasteiger charge is 2.19. The molecule has 0 aromatic heterocycles. The van der Waals surface area contributed by atoms with Crippen molar-refractivity contribution in [3.63, 3.8) is 0 Å². The first-order valence-corrected chi connectivity index (χ1v) is 11.7. The highest BCUT2D eigenvalue weighted by Crippen LogP contribution is 2.18. The number of nitrogens with one attached hydrogen (secondary N) is 2. The molecule has 2 amide bonds. The van der Waals surface area contributed by atoms with E-state index >= 15 is 0 Å². The van der Waals surface area contributed by atoms with Crippen molar-refractivity contribution in [2.24, 2.45) is 0 Å². The van der Waals surface area contributed by atoms with Gasteiger partial charge >= 0.3 is 0 Å². The van der Waals surface area contributed by atoms with E-state index in [1.807, 2.05) is 18.2 Å². The van der Waals surface area contributed by atoms with Crippen LogP contribution in [0.25, 0.3) is 6.08 Å². The van der Waals surface area contributed by atoms with Crippen LogP contribution in [-0.4, -0.2) is 60.9 Å². The average Bonchev–Trinajstić information content (AvgIpc) is 2.87. The molecule has 0 unspecified atom stereocenters. The van der Waals surface area contributed by atoms with Gasteiger partial charge in [-0.2, -0.15) is 0 Å². The van der Waals surface area contributed by atoms with Gasteiger partial charge in [-0.15, -0.1) is 0 Å². The Morgan fingerprint density at radius 3 is 2.20 bits per heavy atom. The Bertz CT molecular complexity index is 1160. The molecule has 35 heavy (non-hydrogen) atoms. The van der Waals surface area contributed by atoms with E-state index < -0.39 is 0 Å². The first-order valence-electron chi connectivity index (χ1n) is 11.7. The third-order valence-corrected chi connectivity index (χ3v) is 5.85. The number of amides is 2. The topological polar surface area (TPSA) is 64.7 Å². The highest BCUT2D eigenvalue weighted by atomic mass is 19.1. The Balaban J connectivity index is 1.25. The number of hydrogen-bond donors (Lipinski definition) is 2. The van der Waals surface area contributed by atoms with Crippen LogP contribution in [0.15, 0.2) is 84.9 Å². The summed E-state index contributed by atoms with van der Waals surface area (Å²) in [5, 5.41) is 5.61. The third kappa shape index (κ3) is 7.34. The largest absolute Gasteiger partial charge is 0.324 e. The molecule has 1 saturated heterocycles. The quantitative estimate of drug-likeness (QED) is 0.512. The first-order chi connectivity index (χ1) is 17.1. The lowest BCUT2D eigenvalue weighted by molar-refractivity contribution is -0.117. The molecule has 6 nitrogen and oxygen atoms in total. The monoisotopic (exact) mass is 472 g/mol. The third-order valence-electron chi connectivity index (χ3n) is 5.85. The van der Waals surface area contributed by atoms with Gasteiger partial charge in [0, 0.05) is 38.4 Å². The normalized spacial score (nSPS) is 14.7. The van der Waals surface area contributed by atoms with E-state index in [9.17, 15) is 14.0 Å². The van der Waals surface area contributed by atoms with Crippen LogP contribution in [-0.2, 0) is 4.79 Å². The van der Waals surface area contributed by atoms with Crippen LogP contribution in [0.1, 0.15) is 15.9 Å². The van der Waals surface area contributed by atoms with Crippen molar-refractivity contribution in [1.29, 1.82) is 0 Å². The number of nitrogens with zero attached hydrogens (tertiary/aromatic N) is 2. The average molecular weight is 473 g/mol. The smallest absolute Gasteiger partial charge is 0.257 e. The van der Waals surface area contributed by atoms with Crippen molar-refractivity contribution in [2.45, 2.75) is 0 Å². The predicted molar refractivity (Wildman–Crippen MR) is 138 cm³/mol. The van der Waals surface area contributed by atoms with E-state index in [2.05, 4.69) is 44.7 Å². The fourth-order valence-corrected chi connectivity index (χ4v) is 3.95. The summed E-state index contributed by atoms with van der Waals surface area (Å²) >= 11 is 0. The minimum Gasteiger partial charge on any atom is -0.324 e. The lowest BCUT2D eigenvalue weighted by Crippen LogP contribution is -2.48. The van der Waals surface area contributed by atoms with Crippen molar-refractivity contribution in [1.82, 2.24) is 9.80 Å². The Morgan fingerprint density at radius 2 is 1.46 bits per heavy atom. The van der Waals surface area contributed by atoms with Crippen molar-refractivity contribution >= 4 is 29.3 Å². The Kier molecular flexibility index (Phi) is 8.38. The molecule has 1 aliphatic heterocycles. The van der Waals surface area contributed by atoms with Gasteiger partial charge in [0.2, 0.25) is 5.91 Å². The van der Waals surface area contributed by atoms with Gasteiger partial charge in [-0.3, -0.25) is 19.4 Å². The van der Waals surface area contributed by atoms with E-state index in [1.165, 1.54) is 29.8 Å². The van der Waals surface area contributed by atoms with Crippen molar-refractivity contribution in [2.75, 3.05) is 49.9 Å². The molecule has 1 aliphatic rings. The molecule has 0 atom stereocenters. The maximum absolute atomic E-state index is 13.1. The molecule has 0 bridgehead atoms. The number of hydrogen-bond acceptors (Lipinski definition) is 4. The van der Waals surface area contributed by atoms with E-state index in [0.717, 1.165) is 32.7 Å². The van der Waals surface area contributed by atoms with Gasteiger partial charge in [0.15, 0.2) is 0 Å². The van der Waals surface area contributed by atoms with Crippen LogP contribution in [0, 0.1) is 5.82 Å². The second-order valence-electron chi connectivity index (χ2n) is 8.44. The van der Waals surface area contributed by atoms with Gasteiger partial charge in [-0.1, -0.05) is 54.6 Å². The van der Waals surface area contributed by atoms with Crippen LogP contribution < -0.4 is 10.6 Å². The standard InChI is InChI=1S/C28H29FN4O2/c29-23-12-14-24(15-13-23)30-28(35)25-10-4-5-11-26(25)31-27(34)21-33-19-17-32(18-20-33)16-6-9-22-7-2-1-3-8-22/h1-15H,16-21H2,(H,30,35)(H,31,34). The molecule has 0 aliphatic carbocycles.